The fraction of sp³-hybridized carbons (Fsp3) is 0.294. The molecule has 6 nitrogen and oxygen atoms in total. The van der Waals surface area contributed by atoms with Crippen LogP contribution in [0.2, 0.25) is 0 Å². The molecular weight excluding hydrogens is 300 g/mol. The highest BCUT2D eigenvalue weighted by atomic mass is 16.5. The van der Waals surface area contributed by atoms with Crippen molar-refractivity contribution in [2.45, 2.75) is 12.0 Å². The zero-order valence-electron chi connectivity index (χ0n) is 12.8. The van der Waals surface area contributed by atoms with Gasteiger partial charge in [-0.15, -0.1) is 0 Å². The van der Waals surface area contributed by atoms with Crippen LogP contribution >= 0.6 is 0 Å². The molecule has 0 saturated carbocycles. The third-order valence-corrected chi connectivity index (χ3v) is 4.04. The van der Waals surface area contributed by atoms with Gasteiger partial charge < -0.3 is 29.5 Å². The summed E-state index contributed by atoms with van der Waals surface area (Å²) in [5.74, 6) is 0.788. The third kappa shape index (κ3) is 2.61. The normalized spacial score (nSPS) is 19.6. The van der Waals surface area contributed by atoms with E-state index in [-0.39, 0.29) is 24.0 Å². The summed E-state index contributed by atoms with van der Waals surface area (Å²) in [7, 11) is 2.93. The van der Waals surface area contributed by atoms with E-state index in [0.29, 0.717) is 22.8 Å². The maximum atomic E-state index is 10.8. The standard InChI is InChI=1S/C17H18O6/c1-21-13-5-9(3-4-12(13)19)11-8-23-15-7-10(18)6-14(22-2)16(15)17(11)20/h3-7,11,17-20H,8H2,1-2H3. The number of ether oxygens (including phenoxy) is 3. The summed E-state index contributed by atoms with van der Waals surface area (Å²) >= 11 is 0. The van der Waals surface area contributed by atoms with E-state index in [4.69, 9.17) is 14.2 Å². The summed E-state index contributed by atoms with van der Waals surface area (Å²) in [4.78, 5) is 0. The second-order valence-electron chi connectivity index (χ2n) is 5.35. The molecule has 23 heavy (non-hydrogen) atoms. The molecule has 122 valence electrons. The van der Waals surface area contributed by atoms with Gasteiger partial charge in [-0.25, -0.2) is 0 Å². The molecule has 3 rings (SSSR count). The first-order chi connectivity index (χ1) is 11.0. The van der Waals surface area contributed by atoms with Crippen LogP contribution in [0.15, 0.2) is 30.3 Å². The smallest absolute Gasteiger partial charge is 0.160 e. The monoisotopic (exact) mass is 318 g/mol. The summed E-state index contributed by atoms with van der Waals surface area (Å²) in [5.41, 5.74) is 1.27. The Labute approximate surface area is 133 Å². The average Bonchev–Trinajstić information content (AvgIpc) is 2.55. The van der Waals surface area contributed by atoms with Crippen LogP contribution in [-0.2, 0) is 0 Å². The van der Waals surface area contributed by atoms with E-state index in [2.05, 4.69) is 0 Å². The Balaban J connectivity index is 2.02. The SMILES string of the molecule is COc1cc(C2COc3cc(O)cc(OC)c3C2O)ccc1O. The molecule has 1 aliphatic rings. The average molecular weight is 318 g/mol. The Morgan fingerprint density at radius 3 is 2.48 bits per heavy atom. The largest absolute Gasteiger partial charge is 0.508 e. The van der Waals surface area contributed by atoms with E-state index < -0.39 is 6.10 Å². The van der Waals surface area contributed by atoms with Crippen molar-refractivity contribution in [1.29, 1.82) is 0 Å². The van der Waals surface area contributed by atoms with E-state index in [1.54, 1.807) is 12.1 Å². The minimum atomic E-state index is -0.872. The lowest BCUT2D eigenvalue weighted by Gasteiger charge is -2.32. The van der Waals surface area contributed by atoms with Crippen LogP contribution in [0.1, 0.15) is 23.1 Å². The molecule has 0 amide bonds. The van der Waals surface area contributed by atoms with Gasteiger partial charge in [0, 0.05) is 18.1 Å². The molecule has 0 aliphatic carbocycles. The zero-order chi connectivity index (χ0) is 16.6. The van der Waals surface area contributed by atoms with Gasteiger partial charge in [0.05, 0.1) is 32.5 Å². The minimum absolute atomic E-state index is 0.0116. The van der Waals surface area contributed by atoms with Crippen LogP contribution in [0.5, 0.6) is 28.7 Å². The number of phenolic OH excluding ortho intramolecular Hbond substituents is 2. The minimum Gasteiger partial charge on any atom is -0.508 e. The van der Waals surface area contributed by atoms with Crippen molar-refractivity contribution in [3.05, 3.63) is 41.5 Å². The lowest BCUT2D eigenvalue weighted by atomic mass is 9.87. The molecule has 2 atom stereocenters. The molecule has 0 radical (unpaired) electrons. The Morgan fingerprint density at radius 1 is 1.04 bits per heavy atom. The van der Waals surface area contributed by atoms with Crippen LogP contribution < -0.4 is 14.2 Å². The Hall–Kier alpha value is -2.60. The van der Waals surface area contributed by atoms with Crippen LogP contribution in [-0.4, -0.2) is 36.1 Å². The summed E-state index contributed by atoms with van der Waals surface area (Å²) in [6, 6.07) is 7.79. The number of aliphatic hydroxyl groups excluding tert-OH is 1. The number of aliphatic hydroxyl groups is 1. The van der Waals surface area contributed by atoms with E-state index in [0.717, 1.165) is 5.56 Å². The van der Waals surface area contributed by atoms with Crippen molar-refractivity contribution in [3.8, 4) is 28.7 Å². The first-order valence-electron chi connectivity index (χ1n) is 7.13. The lowest BCUT2D eigenvalue weighted by Crippen LogP contribution is -2.24. The summed E-state index contributed by atoms with van der Waals surface area (Å²) in [5, 5.41) is 30.2. The molecule has 3 N–H and O–H groups in total. The Morgan fingerprint density at radius 2 is 1.78 bits per heavy atom. The predicted molar refractivity (Wildman–Crippen MR) is 82.5 cm³/mol. The lowest BCUT2D eigenvalue weighted by molar-refractivity contribution is 0.0855. The molecule has 0 fully saturated rings. The second kappa shape index (κ2) is 5.89. The van der Waals surface area contributed by atoms with Crippen LogP contribution in [0, 0.1) is 0 Å². The van der Waals surface area contributed by atoms with Crippen molar-refractivity contribution < 1.29 is 29.5 Å². The van der Waals surface area contributed by atoms with Crippen molar-refractivity contribution in [3.63, 3.8) is 0 Å². The van der Waals surface area contributed by atoms with E-state index in [1.807, 2.05) is 0 Å². The fourth-order valence-corrected chi connectivity index (χ4v) is 2.84. The number of hydrogen-bond acceptors (Lipinski definition) is 6. The number of rotatable bonds is 3. The molecule has 2 unspecified atom stereocenters. The first kappa shape index (κ1) is 15.3. The van der Waals surface area contributed by atoms with Gasteiger partial charge in [0.25, 0.3) is 0 Å². The number of hydrogen-bond donors (Lipinski definition) is 3. The zero-order valence-corrected chi connectivity index (χ0v) is 12.8. The fourth-order valence-electron chi connectivity index (χ4n) is 2.84. The molecule has 2 aromatic rings. The highest BCUT2D eigenvalue weighted by Crippen LogP contribution is 2.47. The molecule has 0 saturated heterocycles. The number of fused-ring (bicyclic) bond motifs is 1. The summed E-state index contributed by atoms with van der Waals surface area (Å²) in [6.45, 7) is 0.231. The third-order valence-electron chi connectivity index (χ3n) is 4.04. The number of phenols is 2. The number of aromatic hydroxyl groups is 2. The quantitative estimate of drug-likeness (QED) is 0.805. The summed E-state index contributed by atoms with van der Waals surface area (Å²) < 4.78 is 16.0. The molecule has 0 bridgehead atoms. The molecule has 6 heteroatoms. The Kier molecular flexibility index (Phi) is 3.92. The second-order valence-corrected chi connectivity index (χ2v) is 5.35. The molecule has 0 spiro atoms. The molecule has 2 aromatic carbocycles. The first-order valence-corrected chi connectivity index (χ1v) is 7.13. The van der Waals surface area contributed by atoms with Crippen LogP contribution in [0.3, 0.4) is 0 Å². The maximum Gasteiger partial charge on any atom is 0.160 e. The van der Waals surface area contributed by atoms with Crippen LogP contribution in [0.4, 0.5) is 0 Å². The van der Waals surface area contributed by atoms with Crippen LogP contribution in [0.25, 0.3) is 0 Å². The van der Waals surface area contributed by atoms with Gasteiger partial charge in [0.2, 0.25) is 0 Å². The van der Waals surface area contributed by atoms with Gasteiger partial charge in [-0.2, -0.15) is 0 Å². The van der Waals surface area contributed by atoms with E-state index >= 15 is 0 Å². The maximum absolute atomic E-state index is 10.8. The molecular formula is C17H18O6. The van der Waals surface area contributed by atoms with Gasteiger partial charge in [-0.1, -0.05) is 6.07 Å². The molecule has 1 heterocycles. The van der Waals surface area contributed by atoms with Gasteiger partial charge in [0.15, 0.2) is 11.5 Å². The van der Waals surface area contributed by atoms with Crippen molar-refractivity contribution in [2.75, 3.05) is 20.8 Å². The van der Waals surface area contributed by atoms with Crippen molar-refractivity contribution >= 4 is 0 Å². The van der Waals surface area contributed by atoms with Gasteiger partial charge in [-0.3, -0.25) is 0 Å². The van der Waals surface area contributed by atoms with E-state index in [1.165, 1.54) is 32.4 Å². The Bertz CT molecular complexity index is 710. The highest BCUT2D eigenvalue weighted by Gasteiger charge is 2.34. The number of benzene rings is 2. The van der Waals surface area contributed by atoms with Gasteiger partial charge >= 0.3 is 0 Å². The van der Waals surface area contributed by atoms with E-state index in [9.17, 15) is 15.3 Å². The number of methoxy groups -OCH3 is 2. The van der Waals surface area contributed by atoms with Gasteiger partial charge in [0.1, 0.15) is 17.2 Å². The molecule has 1 aliphatic heterocycles. The van der Waals surface area contributed by atoms with Gasteiger partial charge in [-0.05, 0) is 17.7 Å². The predicted octanol–water partition coefficient (Wildman–Crippen LogP) is 2.32. The molecule has 0 aromatic heterocycles. The van der Waals surface area contributed by atoms with Crippen molar-refractivity contribution in [2.24, 2.45) is 0 Å². The summed E-state index contributed by atoms with van der Waals surface area (Å²) in [6.07, 6.45) is -0.872. The van der Waals surface area contributed by atoms with Crippen molar-refractivity contribution in [1.82, 2.24) is 0 Å². The topological polar surface area (TPSA) is 88.4 Å². The highest BCUT2D eigenvalue weighted by molar-refractivity contribution is 5.54.